The van der Waals surface area contributed by atoms with Crippen LogP contribution in [0.15, 0.2) is 330 Å². The second kappa shape index (κ2) is 37.9. The van der Waals surface area contributed by atoms with Gasteiger partial charge in [0.25, 0.3) is 0 Å². The molecule has 0 aromatic heterocycles. The molecule has 143 heavy (non-hydrogen) atoms. The van der Waals surface area contributed by atoms with E-state index in [2.05, 4.69) is 454 Å². The number of benzene rings is 11. The minimum atomic E-state index is -0.159. The Balaban J connectivity index is 0.000000103. The van der Waals surface area contributed by atoms with E-state index in [4.69, 9.17) is 0 Å². The summed E-state index contributed by atoms with van der Waals surface area (Å²) < 4.78 is 0. The highest BCUT2D eigenvalue weighted by Gasteiger charge is 2.64. The molecule has 0 bridgehead atoms. The summed E-state index contributed by atoms with van der Waals surface area (Å²) in [6.45, 7) is 44.4. The van der Waals surface area contributed by atoms with E-state index >= 15 is 0 Å². The molecule has 5 fully saturated rings. The van der Waals surface area contributed by atoms with Crippen molar-refractivity contribution in [1.82, 2.24) is 0 Å². The molecular formula is C133H158N10. The van der Waals surface area contributed by atoms with Crippen LogP contribution in [0.3, 0.4) is 0 Å². The lowest BCUT2D eigenvalue weighted by Gasteiger charge is -2.48. The van der Waals surface area contributed by atoms with Crippen molar-refractivity contribution in [1.29, 1.82) is 0 Å². The molecule has 15 aliphatic rings. The van der Waals surface area contributed by atoms with Gasteiger partial charge < -0.3 is 49.0 Å². The van der Waals surface area contributed by atoms with Crippen molar-refractivity contribution in [3.8, 4) is 0 Å². The van der Waals surface area contributed by atoms with Crippen LogP contribution >= 0.6 is 0 Å². The molecule has 5 aliphatic carbocycles. The standard InChI is InChI=1S/C31H40N2.C30H38N2.C26H26N2.C25H30N2.C21H24N2/c1-22-14-10-12-20-28(22)32-23(2)30-31(25-15-6-4-7-16-25,26-17-8-5-9-18-26)27-19-11-13-21-29(27)33(30)24(32)3;1-21-13-7-11-19-27(21)31-22(2)29-30(25-16-8-9-17-25,24-14-5-4-6-15-24)26-18-10-12-20-28(26)32(29)23(31)3;1-18-12-8-10-16-23(18)27-19(2)25-26(4,21-13-6-5-7-14-21)22-15-9-11-17-24(22)28(25)20(27)3;1-17-11-5-9-15-22(17)26-18(2)24-25(4,20-12-6-7-13-20)21-14-8-10-16-23(21)27(24)19(26)3;1-14-10-6-8-12-18(14)22-15(2)20-21(4,5)17-11-7-9-13-19(17)23(20)16(22)3/h10-14,19-21,24-26H,4-9,15-18H2,1-3H3;7,10-13,18-20,23-25H,4-6,8-9,14-17H2,1-3H3;5-17,20H,1-4H3;5,8-11,14-16,19-20H,6-7,12-13H2,1-4H3;6-13,16H,1-5H3. The zero-order valence-electron chi connectivity index (χ0n) is 89.5. The van der Waals surface area contributed by atoms with Gasteiger partial charge >= 0.3 is 0 Å². The number of aryl methyl sites for hydroxylation is 5. The average Bonchev–Trinajstić information content (AvgIpc) is 1.51. The van der Waals surface area contributed by atoms with Crippen molar-refractivity contribution in [2.45, 2.75) is 337 Å². The number of hydrogen-bond donors (Lipinski definition) is 0. The van der Waals surface area contributed by atoms with E-state index in [0.717, 1.165) is 29.6 Å². The van der Waals surface area contributed by atoms with Gasteiger partial charge in [0, 0.05) is 113 Å². The molecule has 10 nitrogen and oxygen atoms in total. The summed E-state index contributed by atoms with van der Waals surface area (Å²) in [5, 5.41) is 0. The van der Waals surface area contributed by atoms with Crippen molar-refractivity contribution >= 4 is 56.9 Å². The molecular weight excluding hydrogens is 1740 g/mol. The Kier molecular flexibility index (Phi) is 25.5. The molecule has 11 aromatic carbocycles. The Labute approximate surface area is 858 Å². The van der Waals surface area contributed by atoms with Gasteiger partial charge in [-0.05, 0) is 333 Å². The second-order valence-electron chi connectivity index (χ2n) is 46.1. The molecule has 26 rings (SSSR count). The van der Waals surface area contributed by atoms with E-state index in [0.29, 0.717) is 24.7 Å². The van der Waals surface area contributed by atoms with Crippen LogP contribution in [0, 0.1) is 64.2 Å². The van der Waals surface area contributed by atoms with E-state index in [1.54, 1.807) is 33.8 Å². The molecule has 10 heterocycles. The summed E-state index contributed by atoms with van der Waals surface area (Å²) in [7, 11) is 0. The first kappa shape index (κ1) is 95.9. The van der Waals surface area contributed by atoms with E-state index in [9.17, 15) is 0 Å². The van der Waals surface area contributed by atoms with E-state index < -0.39 is 0 Å². The maximum atomic E-state index is 2.76. The van der Waals surface area contributed by atoms with Gasteiger partial charge in [-0.15, -0.1) is 0 Å². The Morgan fingerprint density at radius 1 is 0.189 bits per heavy atom. The van der Waals surface area contributed by atoms with E-state index in [-0.39, 0.29) is 33.2 Å². The van der Waals surface area contributed by atoms with Gasteiger partial charge in [-0.2, -0.15) is 0 Å². The summed E-state index contributed by atoms with van der Waals surface area (Å²) in [5.41, 5.74) is 44.8. The highest BCUT2D eigenvalue weighted by Crippen LogP contribution is 2.70. The minimum absolute atomic E-state index is 0.0480. The molecule has 0 saturated heterocycles. The van der Waals surface area contributed by atoms with E-state index in [1.165, 1.54) is 289 Å². The summed E-state index contributed by atoms with van der Waals surface area (Å²) >= 11 is 0. The van der Waals surface area contributed by atoms with Gasteiger partial charge in [0.1, 0.15) is 30.8 Å². The number of para-hydroxylation sites is 10. The monoisotopic (exact) mass is 1900 g/mol. The first-order valence-corrected chi connectivity index (χ1v) is 55.7. The number of rotatable bonds is 11. The summed E-state index contributed by atoms with van der Waals surface area (Å²) in [6.07, 6.45) is 33.7. The first-order valence-electron chi connectivity index (χ1n) is 55.7. The lowest BCUT2D eigenvalue weighted by Crippen LogP contribution is -2.46. The van der Waals surface area contributed by atoms with Gasteiger partial charge in [0.05, 0.1) is 28.2 Å². The van der Waals surface area contributed by atoms with Crippen LogP contribution in [-0.2, 0) is 27.1 Å². The molecule has 5 saturated carbocycles. The van der Waals surface area contributed by atoms with Crippen LogP contribution in [0.5, 0.6) is 0 Å². The smallest absolute Gasteiger partial charge is 0.108 e. The third kappa shape index (κ3) is 14.8. The summed E-state index contributed by atoms with van der Waals surface area (Å²) in [5.74, 6) is 3.85. The number of allylic oxidation sites excluding steroid dienone is 10. The van der Waals surface area contributed by atoms with Gasteiger partial charge in [-0.1, -0.05) is 310 Å². The maximum Gasteiger partial charge on any atom is 0.108 e. The predicted octanol–water partition coefficient (Wildman–Crippen LogP) is 34.0. The maximum absolute atomic E-state index is 2.76. The van der Waals surface area contributed by atoms with Crippen LogP contribution in [0.1, 0.15) is 306 Å². The van der Waals surface area contributed by atoms with Crippen LogP contribution in [-0.4, -0.2) is 30.8 Å². The molecule has 10 aliphatic heterocycles. The van der Waals surface area contributed by atoms with Crippen molar-refractivity contribution in [3.05, 3.63) is 391 Å². The molecule has 11 aromatic rings. The van der Waals surface area contributed by atoms with Crippen LogP contribution in [0.4, 0.5) is 56.9 Å². The summed E-state index contributed by atoms with van der Waals surface area (Å²) in [4.78, 5) is 26.1. The molecule has 0 N–H and O–H groups in total. The molecule has 740 valence electrons. The third-order valence-electron chi connectivity index (χ3n) is 38.4. The van der Waals surface area contributed by atoms with Crippen molar-refractivity contribution in [2.75, 3.05) is 49.0 Å². The molecule has 0 radical (unpaired) electrons. The van der Waals surface area contributed by atoms with Crippen molar-refractivity contribution in [3.63, 3.8) is 0 Å². The number of nitrogens with zero attached hydrogens (tertiary/aromatic N) is 10. The largest absolute Gasteiger partial charge is 0.322 e. The van der Waals surface area contributed by atoms with Gasteiger partial charge in [-0.3, -0.25) is 0 Å². The summed E-state index contributed by atoms with van der Waals surface area (Å²) in [6, 6.07) is 101. The molecule has 10 heteroatoms. The van der Waals surface area contributed by atoms with Crippen LogP contribution < -0.4 is 49.0 Å². The Hall–Kier alpha value is -11.9. The highest BCUT2D eigenvalue weighted by molar-refractivity contribution is 5.86. The Morgan fingerprint density at radius 3 is 0.741 bits per heavy atom. The van der Waals surface area contributed by atoms with Crippen molar-refractivity contribution < 1.29 is 0 Å². The number of hydrogen-bond acceptors (Lipinski definition) is 10. The minimum Gasteiger partial charge on any atom is -0.322 e. The SMILES string of the molecule is CC1=C2N(c3ccccc3C2(C)C)C(C)N1c1ccccc1C.CC1=C2N(c3ccccc3C2(C)C2CCCC2)C(C)N1c1ccccc1C.CC1=C2N(c3ccccc3C2(C)c2ccccc2)C(C)N1c1ccccc1C.CC1=C2N(c3ccccc3C2(C2CCCCC2)C2CCCC2)C(C)N1c1ccccc1C.CC1=C2N(c3ccccc3C2(C2CCCCC2)C2CCCCC2)C(C)N1c1ccccc1C. The third-order valence-corrected chi connectivity index (χ3v) is 38.4. The fourth-order valence-electron chi connectivity index (χ4n) is 32.5. The topological polar surface area (TPSA) is 32.4 Å². The Bertz CT molecular complexity index is 6770. The normalized spacial score (nSPS) is 25.5. The zero-order valence-corrected chi connectivity index (χ0v) is 89.5. The van der Waals surface area contributed by atoms with Gasteiger partial charge in [0.15, 0.2) is 0 Å². The predicted molar refractivity (Wildman–Crippen MR) is 604 cm³/mol. The highest BCUT2D eigenvalue weighted by atomic mass is 15.5. The average molecular weight is 1900 g/mol. The fourth-order valence-corrected chi connectivity index (χ4v) is 32.5. The number of anilines is 10. The van der Waals surface area contributed by atoms with Gasteiger partial charge in [0.2, 0.25) is 0 Å². The number of fused-ring (bicyclic) bond motifs is 15. The molecule has 0 spiro atoms. The lowest BCUT2D eigenvalue weighted by molar-refractivity contribution is 0.134. The van der Waals surface area contributed by atoms with Crippen molar-refractivity contribution in [2.24, 2.45) is 29.6 Å². The van der Waals surface area contributed by atoms with Crippen LogP contribution in [0.25, 0.3) is 0 Å². The van der Waals surface area contributed by atoms with Gasteiger partial charge in [-0.25, -0.2) is 0 Å². The first-order chi connectivity index (χ1) is 69.3. The van der Waals surface area contributed by atoms with E-state index in [1.807, 2.05) is 0 Å². The molecule has 8 unspecified atom stereocenters. The lowest BCUT2D eigenvalue weighted by atomic mass is 9.55. The zero-order chi connectivity index (χ0) is 99.0. The second-order valence-corrected chi connectivity index (χ2v) is 46.1. The fraction of sp³-hybridized carbons (Fsp3) is 0.429. The quantitative estimate of drug-likeness (QED) is 0.125. The molecule has 8 atom stereocenters. The molecule has 0 amide bonds. The Morgan fingerprint density at radius 2 is 0.406 bits per heavy atom. The van der Waals surface area contributed by atoms with Crippen LogP contribution in [0.2, 0.25) is 0 Å².